The van der Waals surface area contributed by atoms with Gasteiger partial charge < -0.3 is 15.2 Å². The number of anilines is 1. The average Bonchev–Trinajstić information content (AvgIpc) is 2.27. The van der Waals surface area contributed by atoms with E-state index in [4.69, 9.17) is 21.4 Å². The number of pyridine rings is 1. The minimum Gasteiger partial charge on any atom is -0.496 e. The lowest BCUT2D eigenvalue weighted by Gasteiger charge is -2.26. The summed E-state index contributed by atoms with van der Waals surface area (Å²) in [5, 5.41) is 12.6. The Hall–Kier alpha value is -1.00. The molecule has 0 aliphatic carbocycles. The number of rotatable bonds is 3. The van der Waals surface area contributed by atoms with Crippen LogP contribution in [0.5, 0.6) is 5.75 Å². The van der Waals surface area contributed by atoms with Crippen LogP contribution in [-0.2, 0) is 6.42 Å². The van der Waals surface area contributed by atoms with E-state index in [1.54, 1.807) is 13.2 Å². The molecular formula is C11H15ClN2O2. The van der Waals surface area contributed by atoms with Crippen LogP contribution < -0.4 is 10.1 Å². The summed E-state index contributed by atoms with van der Waals surface area (Å²) in [5.74, 6) is 1.57. The molecule has 0 saturated heterocycles. The summed E-state index contributed by atoms with van der Waals surface area (Å²) in [7, 11) is 1.63. The third kappa shape index (κ3) is 2.23. The van der Waals surface area contributed by atoms with Crippen molar-refractivity contribution in [1.29, 1.82) is 0 Å². The van der Waals surface area contributed by atoms with Crippen LogP contribution >= 0.6 is 11.6 Å². The van der Waals surface area contributed by atoms with Gasteiger partial charge in [0.2, 0.25) is 0 Å². The molecule has 1 unspecified atom stereocenters. The SMILES string of the molecule is COc1cc(Cl)nc2c1CCC(CCO)N2. The Bertz CT molecular complexity index is 384. The minimum absolute atomic E-state index is 0.185. The zero-order valence-electron chi connectivity index (χ0n) is 9.16. The highest BCUT2D eigenvalue weighted by atomic mass is 35.5. The van der Waals surface area contributed by atoms with Gasteiger partial charge in [-0.2, -0.15) is 0 Å². The Morgan fingerprint density at radius 3 is 3.19 bits per heavy atom. The first kappa shape index (κ1) is 11.5. The van der Waals surface area contributed by atoms with Gasteiger partial charge in [0.05, 0.1) is 7.11 Å². The van der Waals surface area contributed by atoms with E-state index in [0.29, 0.717) is 5.15 Å². The zero-order valence-corrected chi connectivity index (χ0v) is 9.92. The molecule has 5 heteroatoms. The molecule has 1 aromatic heterocycles. The summed E-state index contributed by atoms with van der Waals surface area (Å²) in [4.78, 5) is 4.25. The van der Waals surface area contributed by atoms with Gasteiger partial charge in [-0.1, -0.05) is 11.6 Å². The highest BCUT2D eigenvalue weighted by Crippen LogP contribution is 2.33. The average molecular weight is 243 g/mol. The monoisotopic (exact) mass is 242 g/mol. The first-order chi connectivity index (χ1) is 7.74. The summed E-state index contributed by atoms with van der Waals surface area (Å²) in [6, 6.07) is 2.00. The number of nitrogens with one attached hydrogen (secondary N) is 1. The van der Waals surface area contributed by atoms with Gasteiger partial charge in [0.1, 0.15) is 16.7 Å². The van der Waals surface area contributed by atoms with Crippen LogP contribution in [0.25, 0.3) is 0 Å². The van der Waals surface area contributed by atoms with E-state index >= 15 is 0 Å². The lowest BCUT2D eigenvalue weighted by molar-refractivity contribution is 0.275. The van der Waals surface area contributed by atoms with E-state index in [1.165, 1.54) is 0 Å². The summed E-state index contributed by atoms with van der Waals surface area (Å²) in [6.45, 7) is 0.185. The first-order valence-corrected chi connectivity index (χ1v) is 5.73. The zero-order chi connectivity index (χ0) is 11.5. The number of aliphatic hydroxyl groups is 1. The smallest absolute Gasteiger partial charge is 0.135 e. The van der Waals surface area contributed by atoms with Crippen LogP contribution in [0, 0.1) is 0 Å². The third-order valence-corrected chi connectivity index (χ3v) is 3.03. The van der Waals surface area contributed by atoms with Crippen molar-refractivity contribution in [1.82, 2.24) is 4.98 Å². The number of methoxy groups -OCH3 is 1. The molecule has 1 aromatic rings. The van der Waals surface area contributed by atoms with E-state index in [-0.39, 0.29) is 12.6 Å². The van der Waals surface area contributed by atoms with Crippen molar-refractivity contribution >= 4 is 17.4 Å². The highest BCUT2D eigenvalue weighted by molar-refractivity contribution is 6.29. The van der Waals surface area contributed by atoms with Crippen molar-refractivity contribution < 1.29 is 9.84 Å². The van der Waals surface area contributed by atoms with Gasteiger partial charge in [0.25, 0.3) is 0 Å². The molecule has 0 spiro atoms. The Kier molecular flexibility index (Phi) is 3.51. The van der Waals surface area contributed by atoms with Crippen LogP contribution in [0.3, 0.4) is 0 Å². The molecule has 2 N–H and O–H groups in total. The van der Waals surface area contributed by atoms with Gasteiger partial charge in [-0.25, -0.2) is 4.98 Å². The molecule has 0 amide bonds. The number of nitrogens with zero attached hydrogens (tertiary/aromatic N) is 1. The van der Waals surface area contributed by atoms with E-state index < -0.39 is 0 Å². The molecule has 0 bridgehead atoms. The first-order valence-electron chi connectivity index (χ1n) is 5.35. The van der Waals surface area contributed by atoms with E-state index in [2.05, 4.69) is 10.3 Å². The minimum atomic E-state index is 0.185. The van der Waals surface area contributed by atoms with E-state index in [9.17, 15) is 0 Å². The number of hydrogen-bond acceptors (Lipinski definition) is 4. The summed E-state index contributed by atoms with van der Waals surface area (Å²) in [5.41, 5.74) is 1.07. The van der Waals surface area contributed by atoms with Crippen LogP contribution in [0.1, 0.15) is 18.4 Å². The molecule has 2 heterocycles. The third-order valence-electron chi connectivity index (χ3n) is 2.83. The maximum absolute atomic E-state index is 8.91. The predicted octanol–water partition coefficient (Wildman–Crippen LogP) is 1.85. The van der Waals surface area contributed by atoms with Gasteiger partial charge in [-0.15, -0.1) is 0 Å². The normalized spacial score (nSPS) is 18.8. The summed E-state index contributed by atoms with van der Waals surface area (Å²) >= 11 is 5.90. The molecule has 0 saturated carbocycles. The van der Waals surface area contributed by atoms with Gasteiger partial charge in [-0.3, -0.25) is 0 Å². The topological polar surface area (TPSA) is 54.4 Å². The number of ether oxygens (including phenoxy) is 1. The van der Waals surface area contributed by atoms with E-state index in [0.717, 1.165) is 36.4 Å². The maximum atomic E-state index is 8.91. The second-order valence-electron chi connectivity index (χ2n) is 3.87. The molecule has 4 nitrogen and oxygen atoms in total. The number of aromatic nitrogens is 1. The summed E-state index contributed by atoms with van der Waals surface area (Å²) < 4.78 is 5.27. The van der Waals surface area contributed by atoms with Crippen molar-refractivity contribution in [2.24, 2.45) is 0 Å². The lowest BCUT2D eigenvalue weighted by atomic mass is 9.98. The Balaban J connectivity index is 2.27. The molecule has 2 rings (SSSR count). The molecule has 88 valence electrons. The fourth-order valence-corrected chi connectivity index (χ4v) is 2.20. The van der Waals surface area contributed by atoms with Crippen molar-refractivity contribution in [2.45, 2.75) is 25.3 Å². The molecule has 0 aromatic carbocycles. The molecule has 1 atom stereocenters. The second kappa shape index (κ2) is 4.89. The Morgan fingerprint density at radius 1 is 1.69 bits per heavy atom. The molecule has 0 fully saturated rings. The van der Waals surface area contributed by atoms with E-state index in [1.807, 2.05) is 0 Å². The number of hydrogen-bond donors (Lipinski definition) is 2. The van der Waals surface area contributed by atoms with Gasteiger partial charge in [0.15, 0.2) is 0 Å². The Morgan fingerprint density at radius 2 is 2.50 bits per heavy atom. The van der Waals surface area contributed by atoms with Crippen molar-refractivity contribution in [2.75, 3.05) is 19.0 Å². The quantitative estimate of drug-likeness (QED) is 0.795. The standard InChI is InChI=1S/C11H15ClN2O2/c1-16-9-6-10(12)14-11-8(9)3-2-7(13-11)4-5-15/h6-7,15H,2-5H2,1H3,(H,13,14). The van der Waals surface area contributed by atoms with Gasteiger partial charge in [-0.05, 0) is 19.3 Å². The maximum Gasteiger partial charge on any atom is 0.135 e. The van der Waals surface area contributed by atoms with Crippen molar-refractivity contribution in [3.8, 4) is 5.75 Å². The molecule has 16 heavy (non-hydrogen) atoms. The van der Waals surface area contributed by atoms with Crippen LogP contribution in [-0.4, -0.2) is 29.8 Å². The second-order valence-corrected chi connectivity index (χ2v) is 4.25. The van der Waals surface area contributed by atoms with Crippen LogP contribution in [0.15, 0.2) is 6.07 Å². The summed E-state index contributed by atoms with van der Waals surface area (Å²) in [6.07, 6.45) is 2.61. The van der Waals surface area contributed by atoms with Crippen LogP contribution in [0.4, 0.5) is 5.82 Å². The lowest BCUT2D eigenvalue weighted by Crippen LogP contribution is -2.27. The largest absolute Gasteiger partial charge is 0.496 e. The van der Waals surface area contributed by atoms with Crippen molar-refractivity contribution in [3.63, 3.8) is 0 Å². The van der Waals surface area contributed by atoms with Gasteiger partial charge in [0, 0.05) is 24.3 Å². The molecule has 1 aliphatic heterocycles. The fraction of sp³-hybridized carbons (Fsp3) is 0.545. The molecular weight excluding hydrogens is 228 g/mol. The highest BCUT2D eigenvalue weighted by Gasteiger charge is 2.22. The van der Waals surface area contributed by atoms with Crippen LogP contribution in [0.2, 0.25) is 5.15 Å². The fourth-order valence-electron chi connectivity index (χ4n) is 2.02. The number of halogens is 1. The molecule has 0 radical (unpaired) electrons. The number of aliphatic hydroxyl groups excluding tert-OH is 1. The molecule has 1 aliphatic rings. The Labute approximate surface area is 99.6 Å². The predicted molar refractivity (Wildman–Crippen MR) is 63.2 cm³/mol. The number of fused-ring (bicyclic) bond motifs is 1. The van der Waals surface area contributed by atoms with Gasteiger partial charge >= 0.3 is 0 Å². The van der Waals surface area contributed by atoms with Crippen molar-refractivity contribution in [3.05, 3.63) is 16.8 Å².